The van der Waals surface area contributed by atoms with Crippen LogP contribution in [0, 0.1) is 0 Å². The smallest absolute Gasteiger partial charge is 0.166 e. The summed E-state index contributed by atoms with van der Waals surface area (Å²) >= 11 is 8.25. The van der Waals surface area contributed by atoms with Gasteiger partial charge >= 0.3 is 6.18 Å². The van der Waals surface area contributed by atoms with Crippen LogP contribution in [0.15, 0.2) is 22.7 Å². The maximum Gasteiger partial charge on any atom is 0.417 e. The molecule has 0 aromatic heterocycles. The zero-order valence-corrected chi connectivity index (χ0v) is 7.96. The van der Waals surface area contributed by atoms with Crippen LogP contribution in [0.2, 0.25) is 5.02 Å². The zero-order chi connectivity index (χ0) is 9.35. The number of benzene rings is 1. The van der Waals surface area contributed by atoms with E-state index in [1.807, 2.05) is 0 Å². The van der Waals surface area contributed by atoms with Crippen molar-refractivity contribution in [2.24, 2.45) is 0 Å². The Hall–Kier alpha value is -0.220. The molecule has 12 heavy (non-hydrogen) atoms. The van der Waals surface area contributed by atoms with Crippen molar-refractivity contribution in [3.05, 3.63) is 33.3 Å². The number of halogens is 5. The van der Waals surface area contributed by atoms with E-state index in [9.17, 15) is 13.2 Å². The van der Waals surface area contributed by atoms with E-state index in [1.165, 1.54) is 12.1 Å². The second-order valence-corrected chi connectivity index (χ2v) is 3.41. The van der Waals surface area contributed by atoms with Crippen molar-refractivity contribution >= 4 is 27.5 Å². The average molecular weight is 259 g/mol. The first-order valence-corrected chi connectivity index (χ1v) is 4.10. The molecular formula is C7H3BrClF3. The molecule has 0 bridgehead atoms. The molecule has 0 aliphatic rings. The fourth-order valence-electron chi connectivity index (χ4n) is 0.719. The van der Waals surface area contributed by atoms with E-state index >= 15 is 0 Å². The van der Waals surface area contributed by atoms with Crippen LogP contribution in [0.5, 0.6) is 0 Å². The topological polar surface area (TPSA) is 0 Å². The lowest BCUT2D eigenvalue weighted by molar-refractivity contribution is -0.138. The van der Waals surface area contributed by atoms with Gasteiger partial charge in [0, 0.05) is 9.50 Å². The molecule has 0 nitrogen and oxygen atoms in total. The highest BCUT2D eigenvalue weighted by Gasteiger charge is 2.32. The Balaban J connectivity index is 3.19. The molecule has 0 aliphatic heterocycles. The predicted molar refractivity (Wildman–Crippen MR) is 44.2 cm³/mol. The third-order valence-corrected chi connectivity index (χ3v) is 2.13. The minimum atomic E-state index is -4.33. The van der Waals surface area contributed by atoms with Gasteiger partial charge in [-0.05, 0) is 18.2 Å². The van der Waals surface area contributed by atoms with Crippen LogP contribution in [0.25, 0.3) is 0 Å². The highest BCUT2D eigenvalue weighted by Crippen LogP contribution is 2.35. The Labute approximate surface area is 80.5 Å². The number of rotatable bonds is 0. The maximum atomic E-state index is 12.1. The molecule has 0 aliphatic carbocycles. The van der Waals surface area contributed by atoms with E-state index in [1.54, 1.807) is 0 Å². The van der Waals surface area contributed by atoms with Crippen LogP contribution in [-0.4, -0.2) is 0 Å². The standard InChI is InChI=1S/C7H3BrClF3/c8-6-3-4(9)1-2-5(6)7(10,11)12/h1-3H. The van der Waals surface area contributed by atoms with Crippen LogP contribution in [0.1, 0.15) is 5.56 Å². The van der Waals surface area contributed by atoms with Gasteiger partial charge in [0.05, 0.1) is 5.56 Å². The van der Waals surface area contributed by atoms with Gasteiger partial charge in [-0.2, -0.15) is 13.2 Å². The van der Waals surface area contributed by atoms with Crippen LogP contribution in [0.3, 0.4) is 0 Å². The van der Waals surface area contributed by atoms with Crippen LogP contribution in [0.4, 0.5) is 13.2 Å². The summed E-state index contributed by atoms with van der Waals surface area (Å²) in [6.07, 6.45) is -4.33. The van der Waals surface area contributed by atoms with Crippen molar-refractivity contribution in [2.75, 3.05) is 0 Å². The Morgan fingerprint density at radius 3 is 2.25 bits per heavy atom. The Morgan fingerprint density at radius 1 is 1.25 bits per heavy atom. The van der Waals surface area contributed by atoms with Crippen molar-refractivity contribution in [3.63, 3.8) is 0 Å². The molecule has 0 unspecified atom stereocenters. The molecule has 0 saturated heterocycles. The lowest BCUT2D eigenvalue weighted by atomic mass is 10.2. The van der Waals surface area contributed by atoms with Crippen molar-refractivity contribution < 1.29 is 13.2 Å². The van der Waals surface area contributed by atoms with Gasteiger partial charge in [-0.3, -0.25) is 0 Å². The second-order valence-electron chi connectivity index (χ2n) is 2.12. The third-order valence-electron chi connectivity index (χ3n) is 1.24. The molecule has 0 saturated carbocycles. The minimum absolute atomic E-state index is 0.0394. The molecule has 0 radical (unpaired) electrons. The second kappa shape index (κ2) is 3.26. The van der Waals surface area contributed by atoms with Gasteiger partial charge in [0.25, 0.3) is 0 Å². The van der Waals surface area contributed by atoms with E-state index in [-0.39, 0.29) is 9.50 Å². The number of hydrogen-bond acceptors (Lipinski definition) is 0. The molecule has 5 heteroatoms. The lowest BCUT2D eigenvalue weighted by Crippen LogP contribution is -2.05. The first-order chi connectivity index (χ1) is 5.41. The molecular weight excluding hydrogens is 256 g/mol. The summed E-state index contributed by atoms with van der Waals surface area (Å²) in [5.41, 5.74) is -0.716. The summed E-state index contributed by atoms with van der Waals surface area (Å²) in [5, 5.41) is 0.273. The third kappa shape index (κ3) is 2.14. The Kier molecular flexibility index (Phi) is 2.68. The summed E-state index contributed by atoms with van der Waals surface area (Å²) in [6, 6.07) is 3.35. The monoisotopic (exact) mass is 258 g/mol. The molecule has 1 aromatic carbocycles. The molecule has 0 N–H and O–H groups in total. The van der Waals surface area contributed by atoms with Gasteiger partial charge in [0.2, 0.25) is 0 Å². The molecule has 0 spiro atoms. The summed E-state index contributed by atoms with van der Waals surface area (Å²) in [7, 11) is 0. The fraction of sp³-hybridized carbons (Fsp3) is 0.143. The molecule has 0 amide bonds. The minimum Gasteiger partial charge on any atom is -0.166 e. The van der Waals surface area contributed by atoms with Crippen LogP contribution < -0.4 is 0 Å². The normalized spacial score (nSPS) is 11.8. The molecule has 66 valence electrons. The Bertz CT molecular complexity index is 295. The average Bonchev–Trinajstić information content (AvgIpc) is 1.83. The highest BCUT2D eigenvalue weighted by molar-refractivity contribution is 9.10. The van der Waals surface area contributed by atoms with Gasteiger partial charge in [-0.15, -0.1) is 0 Å². The fourth-order valence-corrected chi connectivity index (χ4v) is 1.63. The van der Waals surface area contributed by atoms with E-state index < -0.39 is 11.7 Å². The SMILES string of the molecule is FC(F)(F)c1ccc(Cl)cc1Br. The number of hydrogen-bond donors (Lipinski definition) is 0. The maximum absolute atomic E-state index is 12.1. The first-order valence-electron chi connectivity index (χ1n) is 2.93. The van der Waals surface area contributed by atoms with Gasteiger partial charge in [0.1, 0.15) is 0 Å². The van der Waals surface area contributed by atoms with E-state index in [0.717, 1.165) is 6.07 Å². The van der Waals surface area contributed by atoms with Gasteiger partial charge in [-0.1, -0.05) is 27.5 Å². The molecule has 0 atom stereocenters. The van der Waals surface area contributed by atoms with Crippen molar-refractivity contribution in [2.45, 2.75) is 6.18 Å². The first kappa shape index (κ1) is 9.86. The lowest BCUT2D eigenvalue weighted by Gasteiger charge is -2.08. The summed E-state index contributed by atoms with van der Waals surface area (Å²) in [6.45, 7) is 0. The van der Waals surface area contributed by atoms with Crippen molar-refractivity contribution in [1.82, 2.24) is 0 Å². The van der Waals surface area contributed by atoms with Gasteiger partial charge < -0.3 is 0 Å². The number of alkyl halides is 3. The Morgan fingerprint density at radius 2 is 1.83 bits per heavy atom. The van der Waals surface area contributed by atoms with E-state index in [0.29, 0.717) is 0 Å². The summed E-state index contributed by atoms with van der Waals surface area (Å²) in [4.78, 5) is 0. The largest absolute Gasteiger partial charge is 0.417 e. The van der Waals surface area contributed by atoms with Crippen molar-refractivity contribution in [1.29, 1.82) is 0 Å². The predicted octanol–water partition coefficient (Wildman–Crippen LogP) is 4.12. The molecule has 0 fully saturated rings. The quantitative estimate of drug-likeness (QED) is 0.657. The molecule has 1 rings (SSSR count). The van der Waals surface area contributed by atoms with Gasteiger partial charge in [0.15, 0.2) is 0 Å². The molecule has 0 heterocycles. The highest BCUT2D eigenvalue weighted by atomic mass is 79.9. The van der Waals surface area contributed by atoms with Crippen LogP contribution in [-0.2, 0) is 6.18 Å². The summed E-state index contributed by atoms with van der Waals surface area (Å²) < 4.78 is 36.3. The van der Waals surface area contributed by atoms with E-state index in [2.05, 4.69) is 15.9 Å². The van der Waals surface area contributed by atoms with Gasteiger partial charge in [-0.25, -0.2) is 0 Å². The van der Waals surface area contributed by atoms with E-state index in [4.69, 9.17) is 11.6 Å². The zero-order valence-electron chi connectivity index (χ0n) is 5.62. The molecule has 1 aromatic rings. The summed E-state index contributed by atoms with van der Waals surface area (Å²) in [5.74, 6) is 0. The van der Waals surface area contributed by atoms with Crippen molar-refractivity contribution in [3.8, 4) is 0 Å². The van der Waals surface area contributed by atoms with Crippen LogP contribution >= 0.6 is 27.5 Å².